The van der Waals surface area contributed by atoms with Crippen molar-refractivity contribution in [2.24, 2.45) is 0 Å². The Morgan fingerprint density at radius 3 is 2.60 bits per heavy atom. The molecule has 82 valence electrons. The van der Waals surface area contributed by atoms with Crippen molar-refractivity contribution in [3.05, 3.63) is 35.4 Å². The zero-order valence-electron chi connectivity index (χ0n) is 8.26. The molecular weight excluding hydrogens is 196 g/mol. The van der Waals surface area contributed by atoms with Crippen LogP contribution in [-0.4, -0.2) is 34.0 Å². The minimum atomic E-state index is -0.968. The van der Waals surface area contributed by atoms with Crippen molar-refractivity contribution in [1.29, 1.82) is 0 Å². The van der Waals surface area contributed by atoms with Gasteiger partial charge < -0.3 is 15.3 Å². The van der Waals surface area contributed by atoms with Crippen LogP contribution in [0.25, 0.3) is 0 Å². The predicted octanol–water partition coefficient (Wildman–Crippen LogP) is 0.671. The summed E-state index contributed by atoms with van der Waals surface area (Å²) in [5.41, 5.74) is 0.931. The number of aromatic carboxylic acids is 1. The molecular formula is C11H14O4. The van der Waals surface area contributed by atoms with Gasteiger partial charge in [-0.2, -0.15) is 0 Å². The number of hydrogen-bond donors (Lipinski definition) is 3. The van der Waals surface area contributed by atoms with Crippen LogP contribution in [0.3, 0.4) is 0 Å². The smallest absolute Gasteiger partial charge is 0.335 e. The number of carboxylic acids is 1. The van der Waals surface area contributed by atoms with Gasteiger partial charge in [0.25, 0.3) is 0 Å². The lowest BCUT2D eigenvalue weighted by atomic mass is 10.0. The topological polar surface area (TPSA) is 77.8 Å². The normalized spacial score (nSPS) is 12.4. The van der Waals surface area contributed by atoms with E-state index in [1.54, 1.807) is 18.2 Å². The monoisotopic (exact) mass is 210 g/mol. The van der Waals surface area contributed by atoms with E-state index in [0.717, 1.165) is 0 Å². The number of rotatable bonds is 5. The Bertz CT molecular complexity index is 335. The molecule has 0 fully saturated rings. The van der Waals surface area contributed by atoms with Crippen LogP contribution in [0.15, 0.2) is 24.3 Å². The lowest BCUT2D eigenvalue weighted by molar-refractivity contribution is 0.0693. The van der Waals surface area contributed by atoms with Crippen LogP contribution in [0.5, 0.6) is 0 Å². The van der Waals surface area contributed by atoms with Gasteiger partial charge in [0.15, 0.2) is 0 Å². The number of aryl methyl sites for hydroxylation is 1. The summed E-state index contributed by atoms with van der Waals surface area (Å²) in [7, 11) is 0. The summed E-state index contributed by atoms with van der Waals surface area (Å²) in [5.74, 6) is -0.968. The summed E-state index contributed by atoms with van der Waals surface area (Å²) in [6.07, 6.45) is 0.0252. The molecule has 0 aliphatic carbocycles. The molecule has 1 aromatic carbocycles. The molecule has 4 heteroatoms. The van der Waals surface area contributed by atoms with Gasteiger partial charge in [0, 0.05) is 0 Å². The molecule has 15 heavy (non-hydrogen) atoms. The van der Waals surface area contributed by atoms with E-state index in [2.05, 4.69) is 0 Å². The Morgan fingerprint density at radius 2 is 2.00 bits per heavy atom. The number of aliphatic hydroxyl groups is 2. The summed E-state index contributed by atoms with van der Waals surface area (Å²) in [4.78, 5) is 10.8. The maximum Gasteiger partial charge on any atom is 0.335 e. The second kappa shape index (κ2) is 5.48. The summed E-state index contributed by atoms with van der Waals surface area (Å²) in [6, 6.07) is 6.67. The maximum absolute atomic E-state index is 10.8. The SMILES string of the molecule is O=C(O)c1ccccc1CCC(O)CO. The maximum atomic E-state index is 10.8. The van der Waals surface area contributed by atoms with Crippen LogP contribution in [0, 0.1) is 0 Å². The first-order valence-corrected chi connectivity index (χ1v) is 4.75. The van der Waals surface area contributed by atoms with Crippen LogP contribution in [0.4, 0.5) is 0 Å². The molecule has 0 aromatic heterocycles. The van der Waals surface area contributed by atoms with Crippen molar-refractivity contribution in [2.75, 3.05) is 6.61 Å². The van der Waals surface area contributed by atoms with Gasteiger partial charge in [0.2, 0.25) is 0 Å². The number of benzene rings is 1. The number of carbonyl (C=O) groups is 1. The lowest BCUT2D eigenvalue weighted by Crippen LogP contribution is -2.13. The van der Waals surface area contributed by atoms with Crippen molar-refractivity contribution in [3.8, 4) is 0 Å². The van der Waals surface area contributed by atoms with Gasteiger partial charge in [-0.25, -0.2) is 4.79 Å². The van der Waals surface area contributed by atoms with Crippen LogP contribution >= 0.6 is 0 Å². The molecule has 0 saturated heterocycles. The first-order chi connectivity index (χ1) is 7.15. The Hall–Kier alpha value is -1.39. The van der Waals surface area contributed by atoms with Crippen LogP contribution in [0.1, 0.15) is 22.3 Å². The van der Waals surface area contributed by atoms with E-state index in [9.17, 15) is 4.79 Å². The fraction of sp³-hybridized carbons (Fsp3) is 0.364. The molecule has 0 radical (unpaired) electrons. The molecule has 4 nitrogen and oxygen atoms in total. The molecule has 0 amide bonds. The molecule has 3 N–H and O–H groups in total. The van der Waals surface area contributed by atoms with E-state index in [-0.39, 0.29) is 12.2 Å². The molecule has 1 rings (SSSR count). The highest BCUT2D eigenvalue weighted by atomic mass is 16.4. The highest BCUT2D eigenvalue weighted by molar-refractivity contribution is 5.89. The highest BCUT2D eigenvalue weighted by Gasteiger charge is 2.10. The molecule has 1 aromatic rings. The van der Waals surface area contributed by atoms with Crippen molar-refractivity contribution in [2.45, 2.75) is 18.9 Å². The molecule has 0 heterocycles. The first kappa shape index (κ1) is 11.7. The molecule has 0 aliphatic rings. The van der Waals surface area contributed by atoms with Gasteiger partial charge >= 0.3 is 5.97 Å². The zero-order chi connectivity index (χ0) is 11.3. The van der Waals surface area contributed by atoms with Gasteiger partial charge in [0.1, 0.15) is 0 Å². The van der Waals surface area contributed by atoms with Crippen LogP contribution in [-0.2, 0) is 6.42 Å². The van der Waals surface area contributed by atoms with Crippen LogP contribution in [0.2, 0.25) is 0 Å². The van der Waals surface area contributed by atoms with E-state index < -0.39 is 12.1 Å². The average Bonchev–Trinajstić information content (AvgIpc) is 2.26. The van der Waals surface area contributed by atoms with E-state index >= 15 is 0 Å². The third-order valence-electron chi connectivity index (χ3n) is 2.21. The van der Waals surface area contributed by atoms with E-state index in [1.165, 1.54) is 6.07 Å². The van der Waals surface area contributed by atoms with Crippen molar-refractivity contribution in [1.82, 2.24) is 0 Å². The summed E-state index contributed by atoms with van der Waals surface area (Å²) < 4.78 is 0. The molecule has 1 unspecified atom stereocenters. The van der Waals surface area contributed by atoms with Crippen molar-refractivity contribution >= 4 is 5.97 Å². The van der Waals surface area contributed by atoms with Crippen LogP contribution < -0.4 is 0 Å². The second-order valence-corrected chi connectivity index (χ2v) is 3.34. The van der Waals surface area contributed by atoms with Gasteiger partial charge in [-0.3, -0.25) is 0 Å². The largest absolute Gasteiger partial charge is 0.478 e. The molecule has 0 aliphatic heterocycles. The minimum Gasteiger partial charge on any atom is -0.478 e. The van der Waals surface area contributed by atoms with E-state index in [1.807, 2.05) is 0 Å². The number of aliphatic hydroxyl groups excluding tert-OH is 2. The molecule has 1 atom stereocenters. The average molecular weight is 210 g/mol. The fourth-order valence-electron chi connectivity index (χ4n) is 1.36. The van der Waals surface area contributed by atoms with E-state index in [0.29, 0.717) is 18.4 Å². The number of hydrogen-bond acceptors (Lipinski definition) is 3. The quantitative estimate of drug-likeness (QED) is 0.667. The summed E-state index contributed by atoms with van der Waals surface area (Å²) >= 11 is 0. The lowest BCUT2D eigenvalue weighted by Gasteiger charge is -2.08. The Balaban J connectivity index is 2.72. The summed E-state index contributed by atoms with van der Waals surface area (Å²) in [5, 5.41) is 26.7. The van der Waals surface area contributed by atoms with Crippen molar-refractivity contribution < 1.29 is 20.1 Å². The molecule has 0 bridgehead atoms. The highest BCUT2D eigenvalue weighted by Crippen LogP contribution is 2.12. The van der Waals surface area contributed by atoms with Gasteiger partial charge in [0.05, 0.1) is 18.3 Å². The van der Waals surface area contributed by atoms with Gasteiger partial charge in [-0.05, 0) is 24.5 Å². The minimum absolute atomic E-state index is 0.252. The van der Waals surface area contributed by atoms with Crippen molar-refractivity contribution in [3.63, 3.8) is 0 Å². The Labute approximate surface area is 87.8 Å². The summed E-state index contributed by atoms with van der Waals surface area (Å²) in [6.45, 7) is -0.296. The molecule has 0 spiro atoms. The van der Waals surface area contributed by atoms with Gasteiger partial charge in [-0.1, -0.05) is 18.2 Å². The Kier molecular flexibility index (Phi) is 4.27. The van der Waals surface area contributed by atoms with E-state index in [4.69, 9.17) is 15.3 Å². The predicted molar refractivity (Wildman–Crippen MR) is 54.8 cm³/mol. The fourth-order valence-corrected chi connectivity index (χ4v) is 1.36. The third kappa shape index (κ3) is 3.34. The number of carboxylic acid groups (broad SMARTS) is 1. The van der Waals surface area contributed by atoms with Gasteiger partial charge in [-0.15, -0.1) is 0 Å². The second-order valence-electron chi connectivity index (χ2n) is 3.34. The standard InChI is InChI=1S/C11H14O4/c12-7-9(13)6-5-8-3-1-2-4-10(8)11(14)15/h1-4,9,12-13H,5-7H2,(H,14,15). The third-order valence-corrected chi connectivity index (χ3v) is 2.21. The zero-order valence-corrected chi connectivity index (χ0v) is 8.26. The molecule has 0 saturated carbocycles. The Morgan fingerprint density at radius 1 is 1.33 bits per heavy atom. The first-order valence-electron chi connectivity index (χ1n) is 4.75.